The second kappa shape index (κ2) is 6.85. The molecule has 0 amide bonds. The van der Waals surface area contributed by atoms with E-state index >= 15 is 0 Å². The van der Waals surface area contributed by atoms with Crippen molar-refractivity contribution in [2.24, 2.45) is 5.73 Å². The molecule has 2 N–H and O–H groups in total. The molecule has 0 saturated heterocycles. The number of ether oxygens (including phenoxy) is 1. The van der Waals surface area contributed by atoms with Crippen LogP contribution in [0.1, 0.15) is 5.56 Å². The van der Waals surface area contributed by atoms with E-state index in [-0.39, 0.29) is 0 Å². The van der Waals surface area contributed by atoms with E-state index in [1.165, 1.54) is 5.56 Å². The minimum Gasteiger partial charge on any atom is -0.497 e. The van der Waals surface area contributed by atoms with Gasteiger partial charge in [0.1, 0.15) is 5.75 Å². The zero-order valence-electron chi connectivity index (χ0n) is 10.7. The molecule has 19 heavy (non-hydrogen) atoms. The maximum Gasteiger partial charge on any atom is 0.118 e. The molecule has 100 valence electrons. The molecule has 0 fully saturated rings. The number of halogens is 1. The maximum atomic E-state index is 6.29. The van der Waals surface area contributed by atoms with Crippen molar-refractivity contribution in [3.05, 3.63) is 53.1 Å². The van der Waals surface area contributed by atoms with Gasteiger partial charge in [-0.05, 0) is 48.9 Å². The molecule has 0 spiro atoms. The molecule has 2 rings (SSSR count). The van der Waals surface area contributed by atoms with Crippen LogP contribution in [0.25, 0.3) is 0 Å². The van der Waals surface area contributed by atoms with Crippen molar-refractivity contribution < 1.29 is 4.74 Å². The van der Waals surface area contributed by atoms with Gasteiger partial charge in [0.15, 0.2) is 0 Å². The normalized spacial score (nSPS) is 10.5. The third-order valence-corrected chi connectivity index (χ3v) is 4.36. The van der Waals surface area contributed by atoms with Crippen LogP contribution in [0.4, 0.5) is 0 Å². The van der Waals surface area contributed by atoms with Crippen molar-refractivity contribution in [2.45, 2.75) is 16.2 Å². The standard InChI is InChI=1S/C15H16ClNOS/c1-18-12-5-7-13(8-6-12)19-15-11(9-10-17)3-2-4-14(15)16/h2-8H,9-10,17H2,1H3. The summed E-state index contributed by atoms with van der Waals surface area (Å²) < 4.78 is 5.15. The molecular weight excluding hydrogens is 278 g/mol. The molecule has 4 heteroatoms. The molecule has 0 heterocycles. The van der Waals surface area contributed by atoms with E-state index in [1.807, 2.05) is 36.4 Å². The largest absolute Gasteiger partial charge is 0.497 e. The summed E-state index contributed by atoms with van der Waals surface area (Å²) in [4.78, 5) is 2.21. The van der Waals surface area contributed by atoms with E-state index in [0.717, 1.165) is 27.0 Å². The highest BCUT2D eigenvalue weighted by Crippen LogP contribution is 2.36. The first-order valence-electron chi connectivity index (χ1n) is 6.04. The lowest BCUT2D eigenvalue weighted by molar-refractivity contribution is 0.414. The van der Waals surface area contributed by atoms with Gasteiger partial charge >= 0.3 is 0 Å². The first-order chi connectivity index (χ1) is 9.24. The van der Waals surface area contributed by atoms with Crippen LogP contribution in [-0.2, 0) is 6.42 Å². The van der Waals surface area contributed by atoms with Gasteiger partial charge in [0.2, 0.25) is 0 Å². The number of methoxy groups -OCH3 is 1. The quantitative estimate of drug-likeness (QED) is 0.905. The molecule has 2 aromatic carbocycles. The Bertz CT molecular complexity index is 542. The van der Waals surface area contributed by atoms with Crippen molar-refractivity contribution in [1.29, 1.82) is 0 Å². The summed E-state index contributed by atoms with van der Waals surface area (Å²) in [6.45, 7) is 0.622. The summed E-state index contributed by atoms with van der Waals surface area (Å²) in [5.41, 5.74) is 6.83. The van der Waals surface area contributed by atoms with Crippen LogP contribution in [0.15, 0.2) is 52.3 Å². The lowest BCUT2D eigenvalue weighted by Gasteiger charge is -2.10. The molecule has 0 saturated carbocycles. The number of rotatable bonds is 5. The Morgan fingerprint density at radius 3 is 2.53 bits per heavy atom. The zero-order chi connectivity index (χ0) is 13.7. The third-order valence-electron chi connectivity index (χ3n) is 2.74. The first kappa shape index (κ1) is 14.3. The fourth-order valence-corrected chi connectivity index (χ4v) is 3.07. The number of hydrogen-bond donors (Lipinski definition) is 1. The lowest BCUT2D eigenvalue weighted by Crippen LogP contribution is -2.03. The van der Waals surface area contributed by atoms with Crippen LogP contribution in [0.2, 0.25) is 5.02 Å². The molecule has 2 nitrogen and oxygen atoms in total. The average Bonchev–Trinajstić information content (AvgIpc) is 2.44. The molecule has 0 aliphatic heterocycles. The summed E-state index contributed by atoms with van der Waals surface area (Å²) in [5, 5.41) is 0.770. The smallest absolute Gasteiger partial charge is 0.118 e. The molecule has 0 atom stereocenters. The number of nitrogens with two attached hydrogens (primary N) is 1. The fraction of sp³-hybridized carbons (Fsp3) is 0.200. The fourth-order valence-electron chi connectivity index (χ4n) is 1.78. The Kier molecular flexibility index (Phi) is 5.14. The van der Waals surface area contributed by atoms with Crippen LogP contribution in [-0.4, -0.2) is 13.7 Å². The van der Waals surface area contributed by atoms with Gasteiger partial charge in [0.05, 0.1) is 12.1 Å². The summed E-state index contributed by atoms with van der Waals surface area (Å²) in [6.07, 6.45) is 0.832. The number of benzene rings is 2. The van der Waals surface area contributed by atoms with Crippen molar-refractivity contribution in [1.82, 2.24) is 0 Å². The monoisotopic (exact) mass is 293 g/mol. The van der Waals surface area contributed by atoms with E-state index < -0.39 is 0 Å². The Hall–Kier alpha value is -1.16. The Morgan fingerprint density at radius 1 is 1.16 bits per heavy atom. The highest BCUT2D eigenvalue weighted by atomic mass is 35.5. The molecule has 2 aromatic rings. The average molecular weight is 294 g/mol. The molecule has 0 unspecified atom stereocenters. The second-order valence-electron chi connectivity index (χ2n) is 4.04. The highest BCUT2D eigenvalue weighted by molar-refractivity contribution is 7.99. The lowest BCUT2D eigenvalue weighted by atomic mass is 10.1. The number of hydrogen-bond acceptors (Lipinski definition) is 3. The molecular formula is C15H16ClNOS. The third kappa shape index (κ3) is 3.66. The summed E-state index contributed by atoms with van der Waals surface area (Å²) >= 11 is 7.94. The Morgan fingerprint density at radius 2 is 1.89 bits per heavy atom. The molecule has 0 aromatic heterocycles. The van der Waals surface area contributed by atoms with E-state index in [9.17, 15) is 0 Å². The van der Waals surface area contributed by atoms with Gasteiger partial charge in [-0.1, -0.05) is 35.5 Å². The Balaban J connectivity index is 2.26. The van der Waals surface area contributed by atoms with Crippen LogP contribution >= 0.6 is 23.4 Å². The topological polar surface area (TPSA) is 35.2 Å². The van der Waals surface area contributed by atoms with E-state index in [1.54, 1.807) is 18.9 Å². The van der Waals surface area contributed by atoms with Crippen molar-refractivity contribution in [2.75, 3.05) is 13.7 Å². The molecule has 0 aliphatic rings. The van der Waals surface area contributed by atoms with E-state index in [2.05, 4.69) is 6.07 Å². The van der Waals surface area contributed by atoms with Crippen LogP contribution < -0.4 is 10.5 Å². The predicted molar refractivity (Wildman–Crippen MR) is 81.3 cm³/mol. The zero-order valence-corrected chi connectivity index (χ0v) is 12.3. The highest BCUT2D eigenvalue weighted by Gasteiger charge is 2.08. The van der Waals surface area contributed by atoms with Gasteiger partial charge in [-0.25, -0.2) is 0 Å². The summed E-state index contributed by atoms with van der Waals surface area (Å²) in [7, 11) is 1.66. The molecule has 0 aliphatic carbocycles. The van der Waals surface area contributed by atoms with Crippen LogP contribution in [0.3, 0.4) is 0 Å². The Labute approximate surface area is 122 Å². The van der Waals surface area contributed by atoms with Gasteiger partial charge in [0.25, 0.3) is 0 Å². The van der Waals surface area contributed by atoms with Crippen LogP contribution in [0.5, 0.6) is 5.75 Å². The SMILES string of the molecule is COc1ccc(Sc2c(Cl)cccc2CCN)cc1. The van der Waals surface area contributed by atoms with Crippen molar-refractivity contribution in [3.8, 4) is 5.75 Å². The molecule has 0 radical (unpaired) electrons. The maximum absolute atomic E-state index is 6.29. The van der Waals surface area contributed by atoms with Crippen molar-refractivity contribution in [3.63, 3.8) is 0 Å². The summed E-state index contributed by atoms with van der Waals surface area (Å²) in [5.74, 6) is 0.852. The first-order valence-corrected chi connectivity index (χ1v) is 7.23. The van der Waals surface area contributed by atoms with Gasteiger partial charge in [0, 0.05) is 9.79 Å². The summed E-state index contributed by atoms with van der Waals surface area (Å²) in [6, 6.07) is 13.9. The van der Waals surface area contributed by atoms with Crippen molar-refractivity contribution >= 4 is 23.4 Å². The van der Waals surface area contributed by atoms with Gasteiger partial charge in [-0.3, -0.25) is 0 Å². The molecule has 0 bridgehead atoms. The van der Waals surface area contributed by atoms with Gasteiger partial charge in [-0.2, -0.15) is 0 Å². The minimum atomic E-state index is 0.622. The minimum absolute atomic E-state index is 0.622. The van der Waals surface area contributed by atoms with Gasteiger partial charge < -0.3 is 10.5 Å². The van der Waals surface area contributed by atoms with E-state index in [4.69, 9.17) is 22.1 Å². The van der Waals surface area contributed by atoms with Crippen LogP contribution in [0, 0.1) is 0 Å². The van der Waals surface area contributed by atoms with Gasteiger partial charge in [-0.15, -0.1) is 0 Å². The second-order valence-corrected chi connectivity index (χ2v) is 5.54. The predicted octanol–water partition coefficient (Wildman–Crippen LogP) is 4.00. The van der Waals surface area contributed by atoms with E-state index in [0.29, 0.717) is 6.54 Å².